The van der Waals surface area contributed by atoms with E-state index < -0.39 is 11.7 Å². The third-order valence-electron chi connectivity index (χ3n) is 9.71. The molecule has 2 nitrogen and oxygen atoms in total. The third-order valence-corrected chi connectivity index (χ3v) is 10.8. The van der Waals surface area contributed by atoms with Gasteiger partial charge in [-0.2, -0.15) is 13.2 Å². The highest BCUT2D eigenvalue weighted by Gasteiger charge is 2.30. The molecule has 8 rings (SSSR count). The number of para-hydroxylation sites is 1. The van der Waals surface area contributed by atoms with Crippen molar-refractivity contribution in [3.05, 3.63) is 198 Å². The van der Waals surface area contributed by atoms with E-state index >= 15 is 0 Å². The molecule has 0 aliphatic heterocycles. The van der Waals surface area contributed by atoms with E-state index in [1.807, 2.05) is 24.1 Å². The molecule has 0 fully saturated rings. The van der Waals surface area contributed by atoms with Crippen LogP contribution in [0.25, 0.3) is 20.2 Å². The summed E-state index contributed by atoms with van der Waals surface area (Å²) in [5, 5.41) is 2.31. The molecule has 0 bridgehead atoms. The number of anilines is 5. The van der Waals surface area contributed by atoms with Gasteiger partial charge in [0, 0.05) is 61.6 Å². The minimum atomic E-state index is -4.36. The molecule has 1 atom stereocenters. The number of fused-ring (bicyclic) bond motifs is 3. The van der Waals surface area contributed by atoms with Crippen LogP contribution in [0.4, 0.5) is 41.6 Å². The number of alkyl halides is 3. The molecule has 0 aliphatic rings. The highest BCUT2D eigenvalue weighted by Crippen LogP contribution is 2.43. The van der Waals surface area contributed by atoms with Crippen molar-refractivity contribution in [1.29, 1.82) is 0 Å². The van der Waals surface area contributed by atoms with Crippen molar-refractivity contribution < 1.29 is 13.2 Å². The van der Waals surface area contributed by atoms with Gasteiger partial charge in [0.05, 0.1) is 5.56 Å². The van der Waals surface area contributed by atoms with Crippen LogP contribution in [-0.2, 0) is 6.18 Å². The normalized spacial score (nSPS) is 12.2. The van der Waals surface area contributed by atoms with Gasteiger partial charge in [0.15, 0.2) is 0 Å². The fraction of sp³-hybridized carbons (Fsp3) is 0.0870. The summed E-state index contributed by atoms with van der Waals surface area (Å²) in [5.74, 6) is 0.110. The Morgan fingerprint density at radius 3 is 1.54 bits per heavy atom. The van der Waals surface area contributed by atoms with E-state index in [1.165, 1.54) is 39.8 Å². The number of thiophene rings is 1. The first-order valence-electron chi connectivity index (χ1n) is 17.2. The predicted molar refractivity (Wildman–Crippen MR) is 212 cm³/mol. The molecule has 256 valence electrons. The zero-order valence-electron chi connectivity index (χ0n) is 28.7. The summed E-state index contributed by atoms with van der Waals surface area (Å²) < 4.78 is 41.7. The lowest BCUT2D eigenvalue weighted by Crippen LogP contribution is -2.10. The van der Waals surface area contributed by atoms with E-state index in [-0.39, 0.29) is 5.92 Å². The van der Waals surface area contributed by atoms with Crippen molar-refractivity contribution in [2.45, 2.75) is 19.0 Å². The zero-order valence-corrected chi connectivity index (χ0v) is 29.5. The van der Waals surface area contributed by atoms with Crippen LogP contribution in [0.3, 0.4) is 0 Å². The average molecular weight is 705 g/mol. The second-order valence-electron chi connectivity index (χ2n) is 13.1. The van der Waals surface area contributed by atoms with Crippen molar-refractivity contribution in [2.24, 2.45) is 0 Å². The Balaban J connectivity index is 1.15. The van der Waals surface area contributed by atoms with E-state index in [9.17, 15) is 13.2 Å². The summed E-state index contributed by atoms with van der Waals surface area (Å²) in [5.41, 5.74) is 9.10. The Morgan fingerprint density at radius 1 is 0.481 bits per heavy atom. The lowest BCUT2D eigenvalue weighted by molar-refractivity contribution is -0.137. The number of aryl methyl sites for hydroxylation is 1. The van der Waals surface area contributed by atoms with Gasteiger partial charge in [-0.25, -0.2) is 0 Å². The lowest BCUT2D eigenvalue weighted by atomic mass is 9.85. The lowest BCUT2D eigenvalue weighted by Gasteiger charge is -2.26. The minimum Gasteiger partial charge on any atom is -0.345 e. The maximum absolute atomic E-state index is 13.1. The van der Waals surface area contributed by atoms with Crippen LogP contribution in [0, 0.1) is 6.92 Å². The van der Waals surface area contributed by atoms with Gasteiger partial charge in [-0.05, 0) is 96.4 Å². The van der Waals surface area contributed by atoms with E-state index in [0.717, 1.165) is 49.7 Å². The summed E-state index contributed by atoms with van der Waals surface area (Å²) in [6.07, 6.45) is -4.36. The minimum absolute atomic E-state index is 0.110. The molecule has 52 heavy (non-hydrogen) atoms. The summed E-state index contributed by atoms with van der Waals surface area (Å²) in [4.78, 5) is 4.21. The number of hydrogen-bond acceptors (Lipinski definition) is 3. The van der Waals surface area contributed by atoms with Crippen LogP contribution in [0.2, 0.25) is 0 Å². The topological polar surface area (TPSA) is 6.48 Å². The molecule has 6 heteroatoms. The van der Waals surface area contributed by atoms with E-state index in [2.05, 4.69) is 145 Å². The quantitative estimate of drug-likeness (QED) is 0.145. The van der Waals surface area contributed by atoms with Gasteiger partial charge in [0.25, 0.3) is 0 Å². The fourth-order valence-electron chi connectivity index (χ4n) is 6.95. The summed E-state index contributed by atoms with van der Waals surface area (Å²) in [6, 6.07) is 57.0. The van der Waals surface area contributed by atoms with Crippen LogP contribution in [-0.4, -0.2) is 7.05 Å². The molecule has 7 aromatic carbocycles. The average Bonchev–Trinajstić information content (AvgIpc) is 3.54. The van der Waals surface area contributed by atoms with Crippen LogP contribution in [0.1, 0.15) is 33.7 Å². The molecule has 1 aromatic heterocycles. The zero-order chi connectivity index (χ0) is 35.8. The van der Waals surface area contributed by atoms with Crippen molar-refractivity contribution in [3.63, 3.8) is 0 Å². The molecule has 1 heterocycles. The number of halogens is 3. The SMILES string of the molecule is Cc1ccc(C(c2ccccc2)c2ccc(N(c3ccccc3)c3ccc4c(c3)sc3cc(N(C)c5ccc(C(F)(F)F)cc5)ccc34)cc2)cc1. The highest BCUT2D eigenvalue weighted by molar-refractivity contribution is 7.25. The maximum atomic E-state index is 13.1. The molecule has 0 spiro atoms. The van der Waals surface area contributed by atoms with Crippen LogP contribution < -0.4 is 9.80 Å². The van der Waals surface area contributed by atoms with Crippen LogP contribution >= 0.6 is 11.3 Å². The van der Waals surface area contributed by atoms with Crippen molar-refractivity contribution in [1.82, 2.24) is 0 Å². The van der Waals surface area contributed by atoms with Crippen molar-refractivity contribution in [2.75, 3.05) is 16.8 Å². The van der Waals surface area contributed by atoms with Gasteiger partial charge in [0.2, 0.25) is 0 Å². The fourth-order valence-corrected chi connectivity index (χ4v) is 8.12. The van der Waals surface area contributed by atoms with Gasteiger partial charge >= 0.3 is 6.18 Å². The molecule has 0 amide bonds. The van der Waals surface area contributed by atoms with Gasteiger partial charge in [0.1, 0.15) is 0 Å². The standard InChI is InChI=1S/C46H35F3N2S/c1-31-13-15-33(16-14-31)45(32-9-5-3-6-10-32)34-17-21-38(22-18-34)51(37-11-7-4-8-12-37)40-26-28-42-41-27-25-39(29-43(41)52-44(42)30-40)50(2)36-23-19-35(20-24-36)46(47,48)49/h3-30,45H,1-2H3. The van der Waals surface area contributed by atoms with E-state index in [4.69, 9.17) is 0 Å². The monoisotopic (exact) mass is 704 g/mol. The largest absolute Gasteiger partial charge is 0.416 e. The number of rotatable bonds is 8. The Hall–Kier alpha value is -5.85. The third kappa shape index (κ3) is 6.54. The van der Waals surface area contributed by atoms with Crippen molar-refractivity contribution >= 4 is 59.9 Å². The number of hydrogen-bond donors (Lipinski definition) is 0. The molecule has 0 saturated carbocycles. The second kappa shape index (κ2) is 13.7. The summed E-state index contributed by atoms with van der Waals surface area (Å²) in [7, 11) is 1.88. The number of benzene rings is 7. The molecule has 0 N–H and O–H groups in total. The maximum Gasteiger partial charge on any atom is 0.416 e. The molecule has 0 aliphatic carbocycles. The molecule has 0 saturated heterocycles. The van der Waals surface area contributed by atoms with Crippen LogP contribution in [0.15, 0.2) is 170 Å². The Morgan fingerprint density at radius 2 is 0.942 bits per heavy atom. The Labute approximate surface area is 305 Å². The first-order valence-corrected chi connectivity index (χ1v) is 18.0. The molecule has 1 unspecified atom stereocenters. The smallest absolute Gasteiger partial charge is 0.345 e. The molecular weight excluding hydrogens is 670 g/mol. The first-order chi connectivity index (χ1) is 25.2. The summed E-state index contributed by atoms with van der Waals surface area (Å²) >= 11 is 1.72. The van der Waals surface area contributed by atoms with Gasteiger partial charge in [-0.1, -0.05) is 103 Å². The van der Waals surface area contributed by atoms with Gasteiger partial charge in [-0.3, -0.25) is 0 Å². The van der Waals surface area contributed by atoms with Crippen LogP contribution in [0.5, 0.6) is 0 Å². The van der Waals surface area contributed by atoms with E-state index in [1.54, 1.807) is 11.3 Å². The van der Waals surface area contributed by atoms with Gasteiger partial charge < -0.3 is 9.80 Å². The first kappa shape index (κ1) is 33.3. The van der Waals surface area contributed by atoms with E-state index in [0.29, 0.717) is 5.69 Å². The summed E-state index contributed by atoms with van der Waals surface area (Å²) in [6.45, 7) is 2.12. The van der Waals surface area contributed by atoms with Gasteiger partial charge in [-0.15, -0.1) is 11.3 Å². The predicted octanol–water partition coefficient (Wildman–Crippen LogP) is 13.8. The second-order valence-corrected chi connectivity index (χ2v) is 14.2. The Bertz CT molecular complexity index is 2450. The van der Waals surface area contributed by atoms with Crippen molar-refractivity contribution in [3.8, 4) is 0 Å². The molecular formula is C46H35F3N2S. The molecule has 0 radical (unpaired) electrons. The Kier molecular flexibility index (Phi) is 8.77. The molecule has 8 aromatic rings. The highest BCUT2D eigenvalue weighted by atomic mass is 32.1. The number of nitrogens with zero attached hydrogens (tertiary/aromatic N) is 2.